The first-order chi connectivity index (χ1) is 11.0. The van der Waals surface area contributed by atoms with Gasteiger partial charge in [-0.2, -0.15) is 0 Å². The summed E-state index contributed by atoms with van der Waals surface area (Å²) >= 11 is 1.26. The molecule has 0 unspecified atom stereocenters. The lowest BCUT2D eigenvalue weighted by molar-refractivity contribution is -0.148. The molecule has 0 saturated carbocycles. The molecule has 1 aromatic carbocycles. The molecule has 0 radical (unpaired) electrons. The number of esters is 1. The number of hydrogen-bond acceptors (Lipinski definition) is 6. The van der Waals surface area contributed by atoms with Gasteiger partial charge in [0.2, 0.25) is 5.91 Å². The highest BCUT2D eigenvalue weighted by atomic mass is 32.2. The van der Waals surface area contributed by atoms with Gasteiger partial charge in [0, 0.05) is 11.9 Å². The SMILES string of the molecule is CNC(=O)NC(=O)COC(=O)C[C@H]1Sc2ccccc2NC1=O. The molecule has 1 atom stereocenters. The molecule has 0 aliphatic carbocycles. The maximum absolute atomic E-state index is 11.9. The molecule has 0 saturated heterocycles. The molecule has 1 aliphatic rings. The normalized spacial score (nSPS) is 15.9. The van der Waals surface area contributed by atoms with Crippen LogP contribution in [-0.2, 0) is 19.1 Å². The molecular weight excluding hydrogens is 322 g/mol. The number of thioether (sulfide) groups is 1. The second kappa shape index (κ2) is 7.63. The number of para-hydroxylation sites is 1. The van der Waals surface area contributed by atoms with Crippen LogP contribution in [0, 0.1) is 0 Å². The topological polar surface area (TPSA) is 114 Å². The van der Waals surface area contributed by atoms with Crippen molar-refractivity contribution in [2.75, 3.05) is 19.0 Å². The molecule has 0 fully saturated rings. The Labute approximate surface area is 136 Å². The second-order valence-corrected chi connectivity index (χ2v) is 5.83. The van der Waals surface area contributed by atoms with Gasteiger partial charge >= 0.3 is 12.0 Å². The van der Waals surface area contributed by atoms with Crippen molar-refractivity contribution in [2.24, 2.45) is 0 Å². The number of carbonyl (C=O) groups excluding carboxylic acids is 4. The Balaban J connectivity index is 1.83. The third kappa shape index (κ3) is 4.71. The van der Waals surface area contributed by atoms with Gasteiger partial charge in [0.05, 0.1) is 17.4 Å². The van der Waals surface area contributed by atoms with E-state index >= 15 is 0 Å². The van der Waals surface area contributed by atoms with Crippen LogP contribution in [0.25, 0.3) is 0 Å². The van der Waals surface area contributed by atoms with Crippen molar-refractivity contribution in [1.82, 2.24) is 10.6 Å². The zero-order chi connectivity index (χ0) is 16.8. The molecule has 122 valence electrons. The van der Waals surface area contributed by atoms with E-state index in [1.165, 1.54) is 18.8 Å². The molecule has 9 heteroatoms. The third-order valence-corrected chi connectivity index (χ3v) is 4.18. The van der Waals surface area contributed by atoms with Crippen molar-refractivity contribution < 1.29 is 23.9 Å². The lowest BCUT2D eigenvalue weighted by atomic mass is 10.2. The largest absolute Gasteiger partial charge is 0.456 e. The summed E-state index contributed by atoms with van der Waals surface area (Å²) in [5.74, 6) is -1.73. The van der Waals surface area contributed by atoms with Crippen LogP contribution in [0.15, 0.2) is 29.2 Å². The minimum atomic E-state index is -0.746. The smallest absolute Gasteiger partial charge is 0.321 e. The molecular formula is C14H15N3O5S. The average molecular weight is 337 g/mol. The van der Waals surface area contributed by atoms with Crippen molar-refractivity contribution >= 4 is 41.3 Å². The van der Waals surface area contributed by atoms with Crippen LogP contribution >= 0.6 is 11.8 Å². The fourth-order valence-electron chi connectivity index (χ4n) is 1.81. The summed E-state index contributed by atoms with van der Waals surface area (Å²) in [7, 11) is 1.35. The average Bonchev–Trinajstić information content (AvgIpc) is 2.53. The Morgan fingerprint density at radius 2 is 2.04 bits per heavy atom. The number of nitrogens with one attached hydrogen (secondary N) is 3. The fourth-order valence-corrected chi connectivity index (χ4v) is 2.90. The van der Waals surface area contributed by atoms with Gasteiger partial charge in [0.1, 0.15) is 0 Å². The number of rotatable bonds is 4. The third-order valence-electron chi connectivity index (χ3n) is 2.90. The Hall–Kier alpha value is -2.55. The first-order valence-corrected chi connectivity index (χ1v) is 7.61. The van der Waals surface area contributed by atoms with Crippen LogP contribution in [0.3, 0.4) is 0 Å². The van der Waals surface area contributed by atoms with E-state index < -0.39 is 29.8 Å². The highest BCUT2D eigenvalue weighted by molar-refractivity contribution is 8.01. The van der Waals surface area contributed by atoms with Gasteiger partial charge in [-0.1, -0.05) is 12.1 Å². The van der Waals surface area contributed by atoms with Crippen LogP contribution in [0.2, 0.25) is 0 Å². The van der Waals surface area contributed by atoms with Gasteiger partial charge in [-0.15, -0.1) is 11.8 Å². The summed E-state index contributed by atoms with van der Waals surface area (Å²) in [6, 6.07) is 6.57. The van der Waals surface area contributed by atoms with E-state index in [0.29, 0.717) is 5.69 Å². The summed E-state index contributed by atoms with van der Waals surface area (Å²) < 4.78 is 4.76. The van der Waals surface area contributed by atoms with Gasteiger partial charge in [-0.25, -0.2) is 4.79 Å². The maximum Gasteiger partial charge on any atom is 0.321 e. The number of imide groups is 1. The molecule has 23 heavy (non-hydrogen) atoms. The zero-order valence-electron chi connectivity index (χ0n) is 12.3. The quantitative estimate of drug-likeness (QED) is 0.689. The monoisotopic (exact) mass is 337 g/mol. The first-order valence-electron chi connectivity index (χ1n) is 6.73. The van der Waals surface area contributed by atoms with Crippen LogP contribution in [0.5, 0.6) is 0 Å². The van der Waals surface area contributed by atoms with Crippen molar-refractivity contribution in [3.8, 4) is 0 Å². The van der Waals surface area contributed by atoms with Crippen molar-refractivity contribution in [3.05, 3.63) is 24.3 Å². The first kappa shape index (κ1) is 16.8. The predicted molar refractivity (Wildman–Crippen MR) is 82.9 cm³/mol. The van der Waals surface area contributed by atoms with E-state index in [1.54, 1.807) is 12.1 Å². The van der Waals surface area contributed by atoms with Gasteiger partial charge in [-0.05, 0) is 12.1 Å². The molecule has 0 aromatic heterocycles. The second-order valence-electron chi connectivity index (χ2n) is 4.58. The van der Waals surface area contributed by atoms with Crippen LogP contribution in [0.1, 0.15) is 6.42 Å². The number of carbonyl (C=O) groups is 4. The number of hydrogen-bond donors (Lipinski definition) is 3. The van der Waals surface area contributed by atoms with E-state index in [1.807, 2.05) is 17.4 Å². The van der Waals surface area contributed by atoms with E-state index in [2.05, 4.69) is 10.6 Å². The number of benzene rings is 1. The summed E-state index contributed by atoms with van der Waals surface area (Å²) in [5.41, 5.74) is 0.706. The molecule has 3 N–H and O–H groups in total. The molecule has 1 aliphatic heterocycles. The molecule has 1 heterocycles. The molecule has 0 spiro atoms. The number of ether oxygens (including phenoxy) is 1. The maximum atomic E-state index is 11.9. The Bertz CT molecular complexity index is 649. The van der Waals surface area contributed by atoms with E-state index in [9.17, 15) is 19.2 Å². The fraction of sp³-hybridized carbons (Fsp3) is 0.286. The van der Waals surface area contributed by atoms with Crippen LogP contribution < -0.4 is 16.0 Å². The lowest BCUT2D eigenvalue weighted by Crippen LogP contribution is -2.40. The van der Waals surface area contributed by atoms with Gasteiger partial charge in [0.25, 0.3) is 5.91 Å². The van der Waals surface area contributed by atoms with Crippen LogP contribution in [0.4, 0.5) is 10.5 Å². The molecule has 0 bridgehead atoms. The van der Waals surface area contributed by atoms with Gasteiger partial charge in [0.15, 0.2) is 6.61 Å². The Morgan fingerprint density at radius 1 is 1.30 bits per heavy atom. The highest BCUT2D eigenvalue weighted by Gasteiger charge is 2.29. The van der Waals surface area contributed by atoms with Crippen molar-refractivity contribution in [1.29, 1.82) is 0 Å². The number of amides is 4. The van der Waals surface area contributed by atoms with Gasteiger partial charge < -0.3 is 15.4 Å². The highest BCUT2D eigenvalue weighted by Crippen LogP contribution is 2.36. The summed E-state index contributed by atoms with van der Waals surface area (Å²) in [6.45, 7) is -0.582. The number of anilines is 1. The summed E-state index contributed by atoms with van der Waals surface area (Å²) in [6.07, 6.45) is -0.169. The Kier molecular flexibility index (Phi) is 5.58. The number of urea groups is 1. The van der Waals surface area contributed by atoms with Crippen molar-refractivity contribution in [2.45, 2.75) is 16.6 Å². The standard InChI is InChI=1S/C14H15N3O5S/c1-15-14(21)17-11(18)7-22-12(19)6-10-13(20)16-8-4-2-3-5-9(8)23-10/h2-5,10H,6-7H2,1H3,(H,16,20)(H2,15,17,18,21)/t10-/m1/s1. The van der Waals surface area contributed by atoms with Gasteiger partial charge in [-0.3, -0.25) is 19.7 Å². The molecule has 2 rings (SSSR count). The minimum Gasteiger partial charge on any atom is -0.456 e. The molecule has 1 aromatic rings. The van der Waals surface area contributed by atoms with Crippen molar-refractivity contribution in [3.63, 3.8) is 0 Å². The molecule has 4 amide bonds. The summed E-state index contributed by atoms with van der Waals surface area (Å²) in [5, 5.41) is 6.25. The predicted octanol–water partition coefficient (Wildman–Crippen LogP) is 0.488. The zero-order valence-corrected chi connectivity index (χ0v) is 13.1. The lowest BCUT2D eigenvalue weighted by Gasteiger charge is -2.23. The van der Waals surface area contributed by atoms with E-state index in [-0.39, 0.29) is 12.3 Å². The Morgan fingerprint density at radius 3 is 2.78 bits per heavy atom. The number of fused-ring (bicyclic) bond motifs is 1. The van der Waals surface area contributed by atoms with E-state index in [0.717, 1.165) is 4.90 Å². The van der Waals surface area contributed by atoms with Crippen LogP contribution in [-0.4, -0.2) is 42.7 Å². The summed E-state index contributed by atoms with van der Waals surface area (Å²) in [4.78, 5) is 46.7. The minimum absolute atomic E-state index is 0.169. The molecule has 8 nitrogen and oxygen atoms in total. The van der Waals surface area contributed by atoms with E-state index in [4.69, 9.17) is 4.74 Å².